The molecule has 0 bridgehead atoms. The fourth-order valence-electron chi connectivity index (χ4n) is 1.56. The Morgan fingerprint density at radius 1 is 1.18 bits per heavy atom. The Labute approximate surface area is 106 Å². The quantitative estimate of drug-likeness (QED) is 0.466. The highest BCUT2D eigenvalue weighted by Crippen LogP contribution is 2.14. The number of hydrogen-bond acceptors (Lipinski definition) is 2. The first-order valence-corrected chi connectivity index (χ1v) is 6.41. The van der Waals surface area contributed by atoms with E-state index in [0.29, 0.717) is 6.42 Å². The molecule has 2 heteroatoms. The van der Waals surface area contributed by atoms with Crippen LogP contribution in [-0.4, -0.2) is 13.1 Å². The third kappa shape index (κ3) is 11.2. The third-order valence-electron chi connectivity index (χ3n) is 2.72. The molecule has 0 saturated carbocycles. The molecule has 0 amide bonds. The second-order valence-electron chi connectivity index (χ2n) is 4.79. The van der Waals surface area contributed by atoms with Crippen LogP contribution in [0.4, 0.5) is 0 Å². The molecule has 0 aliphatic carbocycles. The van der Waals surface area contributed by atoms with Crippen molar-refractivity contribution in [1.29, 1.82) is 0 Å². The van der Waals surface area contributed by atoms with Gasteiger partial charge in [0.05, 0.1) is 13.5 Å². The van der Waals surface area contributed by atoms with Crippen molar-refractivity contribution in [2.45, 2.75) is 52.9 Å². The molecule has 1 unspecified atom stereocenters. The van der Waals surface area contributed by atoms with Crippen molar-refractivity contribution in [2.24, 2.45) is 5.92 Å². The molecule has 0 aromatic rings. The molecule has 0 radical (unpaired) electrons. The zero-order valence-electron chi connectivity index (χ0n) is 11.7. The van der Waals surface area contributed by atoms with Crippen molar-refractivity contribution in [1.82, 2.24) is 0 Å². The van der Waals surface area contributed by atoms with Crippen LogP contribution in [0.3, 0.4) is 0 Å². The van der Waals surface area contributed by atoms with Gasteiger partial charge in [-0.1, -0.05) is 30.7 Å². The van der Waals surface area contributed by atoms with E-state index < -0.39 is 0 Å². The lowest BCUT2D eigenvalue weighted by atomic mass is 9.99. The fourth-order valence-corrected chi connectivity index (χ4v) is 1.56. The molecule has 17 heavy (non-hydrogen) atoms. The van der Waals surface area contributed by atoms with Gasteiger partial charge in [-0.25, -0.2) is 0 Å². The topological polar surface area (TPSA) is 26.3 Å². The van der Waals surface area contributed by atoms with E-state index in [0.717, 1.165) is 12.3 Å². The van der Waals surface area contributed by atoms with Crippen LogP contribution < -0.4 is 0 Å². The first-order valence-electron chi connectivity index (χ1n) is 6.41. The average molecular weight is 238 g/mol. The molecule has 0 spiro atoms. The van der Waals surface area contributed by atoms with E-state index in [1.807, 2.05) is 6.08 Å². The van der Waals surface area contributed by atoms with Crippen LogP contribution in [0.5, 0.6) is 0 Å². The summed E-state index contributed by atoms with van der Waals surface area (Å²) >= 11 is 0. The Balaban J connectivity index is 3.54. The zero-order chi connectivity index (χ0) is 13.1. The van der Waals surface area contributed by atoms with Gasteiger partial charge in [0.1, 0.15) is 0 Å². The first kappa shape index (κ1) is 16.0. The molecular formula is C15H26O2. The van der Waals surface area contributed by atoms with Crippen molar-refractivity contribution in [2.75, 3.05) is 7.11 Å². The smallest absolute Gasteiger partial charge is 0.309 e. The lowest BCUT2D eigenvalue weighted by molar-refractivity contribution is -0.139. The number of carbonyl (C=O) groups excluding carboxylic acids is 1. The molecule has 0 saturated heterocycles. The Kier molecular flexibility index (Phi) is 9.50. The van der Waals surface area contributed by atoms with E-state index >= 15 is 0 Å². The van der Waals surface area contributed by atoms with E-state index in [2.05, 4.69) is 37.7 Å². The van der Waals surface area contributed by atoms with Crippen LogP contribution in [0, 0.1) is 5.92 Å². The molecular weight excluding hydrogens is 212 g/mol. The minimum atomic E-state index is -0.169. The second kappa shape index (κ2) is 10.1. The summed E-state index contributed by atoms with van der Waals surface area (Å²) in [5.74, 6) is 0.575. The van der Waals surface area contributed by atoms with E-state index in [4.69, 9.17) is 0 Å². The van der Waals surface area contributed by atoms with E-state index in [-0.39, 0.29) is 5.97 Å². The number of allylic oxidation sites excluding steroid dienone is 3. The number of hydrogen-bond donors (Lipinski definition) is 0. The molecule has 0 N–H and O–H groups in total. The lowest BCUT2D eigenvalue weighted by Gasteiger charge is -2.07. The van der Waals surface area contributed by atoms with Crippen LogP contribution in [0.1, 0.15) is 52.9 Å². The lowest BCUT2D eigenvalue weighted by Crippen LogP contribution is -1.97. The summed E-state index contributed by atoms with van der Waals surface area (Å²) in [5, 5.41) is 0. The summed E-state index contributed by atoms with van der Waals surface area (Å²) in [5.41, 5.74) is 1.40. The molecule has 0 aliphatic rings. The van der Waals surface area contributed by atoms with Crippen LogP contribution >= 0.6 is 0 Å². The summed E-state index contributed by atoms with van der Waals surface area (Å²) in [6, 6.07) is 0. The Morgan fingerprint density at radius 3 is 2.41 bits per heavy atom. The molecule has 0 aromatic carbocycles. The highest BCUT2D eigenvalue weighted by molar-refractivity contribution is 5.70. The normalized spacial score (nSPS) is 12.5. The maximum absolute atomic E-state index is 10.8. The van der Waals surface area contributed by atoms with Gasteiger partial charge in [0.25, 0.3) is 0 Å². The number of esters is 1. The van der Waals surface area contributed by atoms with Gasteiger partial charge in [-0.05, 0) is 45.4 Å². The van der Waals surface area contributed by atoms with Crippen molar-refractivity contribution in [3.05, 3.63) is 23.8 Å². The Bertz CT molecular complexity index is 260. The van der Waals surface area contributed by atoms with Crippen LogP contribution in [-0.2, 0) is 9.53 Å². The molecule has 0 fully saturated rings. The van der Waals surface area contributed by atoms with Gasteiger partial charge in [0, 0.05) is 0 Å². The minimum Gasteiger partial charge on any atom is -0.469 e. The van der Waals surface area contributed by atoms with Gasteiger partial charge in [0.15, 0.2) is 0 Å². The molecule has 0 aliphatic heterocycles. The molecule has 98 valence electrons. The summed E-state index contributed by atoms with van der Waals surface area (Å²) in [4.78, 5) is 10.8. The zero-order valence-corrected chi connectivity index (χ0v) is 11.7. The monoisotopic (exact) mass is 238 g/mol. The van der Waals surface area contributed by atoms with Gasteiger partial charge in [0.2, 0.25) is 0 Å². The number of carbonyl (C=O) groups is 1. The van der Waals surface area contributed by atoms with E-state index in [9.17, 15) is 4.79 Å². The fraction of sp³-hybridized carbons (Fsp3) is 0.667. The molecule has 0 rings (SSSR count). The molecule has 2 nitrogen and oxygen atoms in total. The highest BCUT2D eigenvalue weighted by Gasteiger charge is 1.99. The molecule has 1 atom stereocenters. The third-order valence-corrected chi connectivity index (χ3v) is 2.72. The summed E-state index contributed by atoms with van der Waals surface area (Å²) < 4.78 is 4.56. The number of methoxy groups -OCH3 is 1. The van der Waals surface area contributed by atoms with Crippen LogP contribution in [0.2, 0.25) is 0 Å². The van der Waals surface area contributed by atoms with Gasteiger partial charge >= 0.3 is 5.97 Å². The summed E-state index contributed by atoms with van der Waals surface area (Å²) in [6.45, 7) is 6.56. The SMILES string of the molecule is COC(=O)C/C=C/CCC(C)CCC=C(C)C. The summed E-state index contributed by atoms with van der Waals surface area (Å²) in [7, 11) is 1.42. The molecule has 0 heterocycles. The van der Waals surface area contributed by atoms with Gasteiger partial charge < -0.3 is 4.74 Å². The minimum absolute atomic E-state index is 0.169. The van der Waals surface area contributed by atoms with Gasteiger partial charge in [-0.15, -0.1) is 0 Å². The van der Waals surface area contributed by atoms with Crippen LogP contribution in [0.25, 0.3) is 0 Å². The summed E-state index contributed by atoms with van der Waals surface area (Å²) in [6.07, 6.45) is 11.3. The maximum Gasteiger partial charge on any atom is 0.309 e. The Morgan fingerprint density at radius 2 is 1.82 bits per heavy atom. The highest BCUT2D eigenvalue weighted by atomic mass is 16.5. The van der Waals surface area contributed by atoms with Gasteiger partial charge in [-0.3, -0.25) is 4.79 Å². The predicted molar refractivity (Wildman–Crippen MR) is 72.8 cm³/mol. The standard InChI is InChI=1S/C15H26O2/c1-13(2)9-8-11-14(3)10-6-5-7-12-15(16)17-4/h5,7,9,14H,6,8,10-12H2,1-4H3/b7-5+. The van der Waals surface area contributed by atoms with E-state index in [1.165, 1.54) is 31.9 Å². The Hall–Kier alpha value is -1.05. The maximum atomic E-state index is 10.8. The number of ether oxygens (including phenoxy) is 1. The van der Waals surface area contributed by atoms with Crippen molar-refractivity contribution < 1.29 is 9.53 Å². The van der Waals surface area contributed by atoms with Crippen molar-refractivity contribution in [3.63, 3.8) is 0 Å². The van der Waals surface area contributed by atoms with E-state index in [1.54, 1.807) is 0 Å². The first-order chi connectivity index (χ1) is 8.06. The average Bonchev–Trinajstić information content (AvgIpc) is 2.27. The van der Waals surface area contributed by atoms with Crippen LogP contribution in [0.15, 0.2) is 23.8 Å². The number of rotatable bonds is 8. The largest absolute Gasteiger partial charge is 0.469 e. The molecule has 0 aromatic heterocycles. The second-order valence-corrected chi connectivity index (χ2v) is 4.79. The van der Waals surface area contributed by atoms with Crippen molar-refractivity contribution in [3.8, 4) is 0 Å². The van der Waals surface area contributed by atoms with Gasteiger partial charge in [-0.2, -0.15) is 0 Å². The van der Waals surface area contributed by atoms with Crippen molar-refractivity contribution >= 4 is 5.97 Å². The predicted octanol–water partition coefficient (Wildman–Crippen LogP) is 4.27.